The number of nitrogens with one attached hydrogen (secondary N) is 1. The first-order valence-corrected chi connectivity index (χ1v) is 7.87. The number of hydrogen-bond acceptors (Lipinski definition) is 4. The molecule has 1 amide bonds. The first-order chi connectivity index (χ1) is 9.52. The second kappa shape index (κ2) is 6.39. The molecule has 0 fully saturated rings. The summed E-state index contributed by atoms with van der Waals surface area (Å²) in [5.74, 6) is -0.0841. The molecule has 0 spiro atoms. The number of amides is 1. The number of carbonyl (C=O) groups is 2. The minimum atomic E-state index is -0.343. The monoisotopic (exact) mass is 295 g/mol. The third-order valence-electron chi connectivity index (χ3n) is 3.41. The average molecular weight is 295 g/mol. The summed E-state index contributed by atoms with van der Waals surface area (Å²) in [6.45, 7) is 4.00. The molecule has 0 radical (unpaired) electrons. The molecule has 1 heterocycles. The van der Waals surface area contributed by atoms with Crippen LogP contribution in [0.25, 0.3) is 0 Å². The fourth-order valence-electron chi connectivity index (χ4n) is 2.52. The van der Waals surface area contributed by atoms with Crippen LogP contribution in [0.5, 0.6) is 0 Å². The molecule has 4 nitrogen and oxygen atoms in total. The first-order valence-electron chi connectivity index (χ1n) is 7.05. The minimum Gasteiger partial charge on any atom is -0.465 e. The van der Waals surface area contributed by atoms with Gasteiger partial charge >= 0.3 is 5.97 Å². The standard InChI is InChI=1S/C15H21NO3S/c1-9(2)8-12(17)16-14-13(15(18)19-3)10-6-4-5-7-11(10)20-14/h9H,4-8H2,1-3H3,(H,16,17). The van der Waals surface area contributed by atoms with Crippen molar-refractivity contribution in [2.24, 2.45) is 5.92 Å². The summed E-state index contributed by atoms with van der Waals surface area (Å²) in [6, 6.07) is 0. The Hall–Kier alpha value is -1.36. The van der Waals surface area contributed by atoms with Crippen LogP contribution >= 0.6 is 11.3 Å². The van der Waals surface area contributed by atoms with E-state index in [4.69, 9.17) is 4.74 Å². The predicted octanol–water partition coefficient (Wildman–Crippen LogP) is 3.40. The molecule has 1 aliphatic rings. The summed E-state index contributed by atoms with van der Waals surface area (Å²) in [7, 11) is 1.38. The molecule has 1 aromatic rings. The van der Waals surface area contributed by atoms with Crippen molar-refractivity contribution in [3.63, 3.8) is 0 Å². The number of aryl methyl sites for hydroxylation is 1. The quantitative estimate of drug-likeness (QED) is 0.866. The molecule has 0 unspecified atom stereocenters. The SMILES string of the molecule is COC(=O)c1c(NC(=O)CC(C)C)sc2c1CCCC2. The van der Waals surface area contributed by atoms with Crippen molar-refractivity contribution in [1.82, 2.24) is 0 Å². The maximum absolute atomic E-state index is 12.0. The van der Waals surface area contributed by atoms with Crippen molar-refractivity contribution in [2.45, 2.75) is 46.0 Å². The highest BCUT2D eigenvalue weighted by molar-refractivity contribution is 7.17. The lowest BCUT2D eigenvalue weighted by atomic mass is 9.95. The number of esters is 1. The molecule has 0 aliphatic heterocycles. The number of methoxy groups -OCH3 is 1. The molecule has 1 aromatic heterocycles. The van der Waals surface area contributed by atoms with Gasteiger partial charge in [0.15, 0.2) is 0 Å². The van der Waals surface area contributed by atoms with Gasteiger partial charge in [-0.15, -0.1) is 11.3 Å². The summed E-state index contributed by atoms with van der Waals surface area (Å²) < 4.78 is 4.88. The van der Waals surface area contributed by atoms with Crippen LogP contribution in [-0.2, 0) is 22.4 Å². The van der Waals surface area contributed by atoms with Crippen LogP contribution in [-0.4, -0.2) is 19.0 Å². The van der Waals surface area contributed by atoms with Crippen LogP contribution in [0.1, 0.15) is 53.9 Å². The van der Waals surface area contributed by atoms with Crippen molar-refractivity contribution in [1.29, 1.82) is 0 Å². The third-order valence-corrected chi connectivity index (χ3v) is 4.61. The number of anilines is 1. The van der Waals surface area contributed by atoms with Gasteiger partial charge < -0.3 is 10.1 Å². The lowest BCUT2D eigenvalue weighted by Gasteiger charge is -2.12. The van der Waals surface area contributed by atoms with Crippen LogP contribution in [0.2, 0.25) is 0 Å². The van der Waals surface area contributed by atoms with Crippen LogP contribution < -0.4 is 5.32 Å². The Kier molecular flexibility index (Phi) is 4.81. The topological polar surface area (TPSA) is 55.4 Å². The van der Waals surface area contributed by atoms with Gasteiger partial charge in [0.2, 0.25) is 5.91 Å². The Morgan fingerprint density at radius 1 is 1.30 bits per heavy atom. The minimum absolute atomic E-state index is 0.0382. The fourth-order valence-corrected chi connectivity index (χ4v) is 3.81. The first kappa shape index (κ1) is 15.0. The second-order valence-electron chi connectivity index (χ2n) is 5.55. The van der Waals surface area contributed by atoms with Crippen molar-refractivity contribution >= 4 is 28.2 Å². The van der Waals surface area contributed by atoms with Gasteiger partial charge in [-0.3, -0.25) is 4.79 Å². The number of hydrogen-bond donors (Lipinski definition) is 1. The lowest BCUT2D eigenvalue weighted by molar-refractivity contribution is -0.116. The van der Waals surface area contributed by atoms with Gasteiger partial charge in [-0.05, 0) is 37.2 Å². The van der Waals surface area contributed by atoms with Crippen molar-refractivity contribution in [2.75, 3.05) is 12.4 Å². The molecule has 110 valence electrons. The second-order valence-corrected chi connectivity index (χ2v) is 6.66. The third kappa shape index (κ3) is 3.20. The molecule has 0 aromatic carbocycles. The smallest absolute Gasteiger partial charge is 0.341 e. The van der Waals surface area contributed by atoms with E-state index >= 15 is 0 Å². The Balaban J connectivity index is 2.29. The highest BCUT2D eigenvalue weighted by atomic mass is 32.1. The Bertz CT molecular complexity index is 519. The highest BCUT2D eigenvalue weighted by Crippen LogP contribution is 2.38. The zero-order chi connectivity index (χ0) is 14.7. The maximum atomic E-state index is 12.0. The van der Waals surface area contributed by atoms with Gasteiger partial charge in [-0.2, -0.15) is 0 Å². The summed E-state index contributed by atoms with van der Waals surface area (Å²) in [6.07, 6.45) is 4.59. The van der Waals surface area contributed by atoms with Crippen molar-refractivity contribution < 1.29 is 14.3 Å². The van der Waals surface area contributed by atoms with E-state index in [9.17, 15) is 9.59 Å². The van der Waals surface area contributed by atoms with E-state index < -0.39 is 0 Å². The molecular weight excluding hydrogens is 274 g/mol. The summed E-state index contributed by atoms with van der Waals surface area (Å²) in [5, 5.41) is 3.55. The Morgan fingerprint density at radius 2 is 2.00 bits per heavy atom. The molecule has 1 aliphatic carbocycles. The Morgan fingerprint density at radius 3 is 2.65 bits per heavy atom. The lowest BCUT2D eigenvalue weighted by Crippen LogP contribution is -2.16. The molecule has 0 saturated heterocycles. The molecular formula is C15H21NO3S. The Labute approximate surface area is 123 Å². The zero-order valence-corrected chi connectivity index (χ0v) is 13.1. The van der Waals surface area contributed by atoms with E-state index in [1.165, 1.54) is 23.3 Å². The van der Waals surface area contributed by atoms with Crippen LogP contribution in [0.4, 0.5) is 5.00 Å². The largest absolute Gasteiger partial charge is 0.465 e. The molecule has 0 saturated carbocycles. The van der Waals surface area contributed by atoms with E-state index in [1.807, 2.05) is 13.8 Å². The number of carbonyl (C=O) groups excluding carboxylic acids is 2. The highest BCUT2D eigenvalue weighted by Gasteiger charge is 2.26. The molecule has 2 rings (SSSR count). The van der Waals surface area contributed by atoms with E-state index in [2.05, 4.69) is 5.32 Å². The summed E-state index contributed by atoms with van der Waals surface area (Å²) in [5.41, 5.74) is 1.65. The average Bonchev–Trinajstić information content (AvgIpc) is 2.74. The summed E-state index contributed by atoms with van der Waals surface area (Å²) >= 11 is 1.53. The van der Waals surface area contributed by atoms with Crippen molar-refractivity contribution in [3.05, 3.63) is 16.0 Å². The molecule has 5 heteroatoms. The molecule has 20 heavy (non-hydrogen) atoms. The zero-order valence-electron chi connectivity index (χ0n) is 12.2. The molecule has 1 N–H and O–H groups in total. The molecule has 0 bridgehead atoms. The van der Waals surface area contributed by atoms with E-state index in [-0.39, 0.29) is 11.9 Å². The van der Waals surface area contributed by atoms with E-state index in [1.54, 1.807) is 0 Å². The van der Waals surface area contributed by atoms with Gasteiger partial charge in [0.1, 0.15) is 5.00 Å². The normalized spacial score (nSPS) is 14.0. The predicted molar refractivity (Wildman–Crippen MR) is 80.4 cm³/mol. The fraction of sp³-hybridized carbons (Fsp3) is 0.600. The molecule has 0 atom stereocenters. The number of thiophene rings is 1. The van der Waals surface area contributed by atoms with Crippen LogP contribution in [0.15, 0.2) is 0 Å². The van der Waals surface area contributed by atoms with Gasteiger partial charge in [0, 0.05) is 11.3 Å². The van der Waals surface area contributed by atoms with Gasteiger partial charge in [-0.25, -0.2) is 4.79 Å². The van der Waals surface area contributed by atoms with E-state index in [0.717, 1.165) is 31.2 Å². The van der Waals surface area contributed by atoms with Crippen LogP contribution in [0, 0.1) is 5.92 Å². The van der Waals surface area contributed by atoms with Gasteiger partial charge in [0.05, 0.1) is 12.7 Å². The van der Waals surface area contributed by atoms with Gasteiger partial charge in [-0.1, -0.05) is 13.8 Å². The van der Waals surface area contributed by atoms with E-state index in [0.29, 0.717) is 22.9 Å². The maximum Gasteiger partial charge on any atom is 0.341 e. The summed E-state index contributed by atoms with van der Waals surface area (Å²) in [4.78, 5) is 25.2. The van der Waals surface area contributed by atoms with Gasteiger partial charge in [0.25, 0.3) is 0 Å². The van der Waals surface area contributed by atoms with Crippen molar-refractivity contribution in [3.8, 4) is 0 Å². The number of rotatable bonds is 4. The van der Waals surface area contributed by atoms with Crippen LogP contribution in [0.3, 0.4) is 0 Å². The number of fused-ring (bicyclic) bond motifs is 1. The number of ether oxygens (including phenoxy) is 1.